The van der Waals surface area contributed by atoms with Crippen LogP contribution in [0, 0.1) is 5.92 Å². The van der Waals surface area contributed by atoms with Crippen molar-refractivity contribution in [2.24, 2.45) is 5.92 Å². The van der Waals surface area contributed by atoms with E-state index >= 15 is 0 Å². The Hall–Kier alpha value is -1.68. The van der Waals surface area contributed by atoms with Gasteiger partial charge in [0.05, 0.1) is 18.8 Å². The topological polar surface area (TPSA) is 52.5 Å². The van der Waals surface area contributed by atoms with Gasteiger partial charge in [0, 0.05) is 6.04 Å². The number of rotatable bonds is 8. The van der Waals surface area contributed by atoms with Crippen LogP contribution in [0.4, 0.5) is 0 Å². The Kier molecular flexibility index (Phi) is 7.24. The third-order valence-electron chi connectivity index (χ3n) is 5.61. The van der Waals surface area contributed by atoms with Crippen LogP contribution < -0.4 is 5.32 Å². The number of benzene rings is 2. The molecule has 0 saturated heterocycles. The summed E-state index contributed by atoms with van der Waals surface area (Å²) in [6.07, 6.45) is 6.54. The third kappa shape index (κ3) is 5.16. The lowest BCUT2D eigenvalue weighted by Gasteiger charge is -2.33. The molecule has 0 aliphatic heterocycles. The SMILES string of the molecule is OC[C@@H](O)[C@H](CC1CCCCC1)NC(c1ccccc1)c1ccccc1. The Morgan fingerprint density at radius 1 is 0.846 bits per heavy atom. The molecule has 140 valence electrons. The van der Waals surface area contributed by atoms with Crippen molar-refractivity contribution in [2.75, 3.05) is 6.61 Å². The van der Waals surface area contributed by atoms with Gasteiger partial charge in [-0.05, 0) is 23.5 Å². The fraction of sp³-hybridized carbons (Fsp3) is 0.478. The maximum Gasteiger partial charge on any atom is 0.0923 e. The number of nitrogens with one attached hydrogen (secondary N) is 1. The molecule has 0 unspecified atom stereocenters. The maximum absolute atomic E-state index is 10.5. The molecule has 2 aromatic rings. The largest absolute Gasteiger partial charge is 0.394 e. The summed E-state index contributed by atoms with van der Waals surface area (Å²) in [6.45, 7) is -0.208. The Balaban J connectivity index is 1.81. The van der Waals surface area contributed by atoms with Crippen LogP contribution in [0.2, 0.25) is 0 Å². The molecule has 3 heteroatoms. The number of hydrogen-bond donors (Lipinski definition) is 3. The Bertz CT molecular complexity index is 586. The summed E-state index contributed by atoms with van der Waals surface area (Å²) in [7, 11) is 0. The highest BCUT2D eigenvalue weighted by Gasteiger charge is 2.27. The monoisotopic (exact) mass is 353 g/mol. The van der Waals surface area contributed by atoms with E-state index in [0.29, 0.717) is 5.92 Å². The van der Waals surface area contributed by atoms with Crippen molar-refractivity contribution in [1.29, 1.82) is 0 Å². The van der Waals surface area contributed by atoms with Crippen LogP contribution in [0.25, 0.3) is 0 Å². The Labute approximate surface area is 157 Å². The van der Waals surface area contributed by atoms with Gasteiger partial charge in [0.25, 0.3) is 0 Å². The lowest BCUT2D eigenvalue weighted by molar-refractivity contribution is 0.0494. The van der Waals surface area contributed by atoms with Gasteiger partial charge in [0.1, 0.15) is 0 Å². The zero-order valence-electron chi connectivity index (χ0n) is 15.4. The minimum absolute atomic E-state index is 0.00666. The van der Waals surface area contributed by atoms with E-state index in [1.54, 1.807) is 0 Å². The predicted octanol–water partition coefficient (Wildman–Crippen LogP) is 4.06. The normalized spacial score (nSPS) is 18.0. The van der Waals surface area contributed by atoms with E-state index in [-0.39, 0.29) is 18.7 Å². The number of aliphatic hydroxyl groups excluding tert-OH is 2. The maximum atomic E-state index is 10.5. The van der Waals surface area contributed by atoms with Gasteiger partial charge in [0.15, 0.2) is 0 Å². The van der Waals surface area contributed by atoms with Crippen LogP contribution in [0.1, 0.15) is 55.7 Å². The molecule has 0 amide bonds. The summed E-state index contributed by atoms with van der Waals surface area (Å²) < 4.78 is 0. The molecule has 1 aliphatic carbocycles. The molecule has 0 heterocycles. The molecule has 0 spiro atoms. The average molecular weight is 354 g/mol. The molecule has 1 fully saturated rings. The van der Waals surface area contributed by atoms with Crippen molar-refractivity contribution < 1.29 is 10.2 Å². The quantitative estimate of drug-likeness (QED) is 0.671. The van der Waals surface area contributed by atoms with Crippen LogP contribution >= 0.6 is 0 Å². The molecule has 2 aromatic carbocycles. The zero-order valence-corrected chi connectivity index (χ0v) is 15.4. The first-order chi connectivity index (χ1) is 12.8. The first kappa shape index (κ1) is 19.1. The van der Waals surface area contributed by atoms with Crippen LogP contribution in [-0.4, -0.2) is 29.0 Å². The smallest absolute Gasteiger partial charge is 0.0923 e. The molecule has 0 radical (unpaired) electrons. The molecule has 1 saturated carbocycles. The van der Waals surface area contributed by atoms with Gasteiger partial charge in [-0.25, -0.2) is 0 Å². The minimum atomic E-state index is -0.744. The summed E-state index contributed by atoms with van der Waals surface area (Å²) >= 11 is 0. The van der Waals surface area contributed by atoms with Crippen molar-refractivity contribution in [3.05, 3.63) is 71.8 Å². The fourth-order valence-electron chi connectivity index (χ4n) is 4.14. The Morgan fingerprint density at radius 3 is 1.88 bits per heavy atom. The van der Waals surface area contributed by atoms with Gasteiger partial charge in [-0.2, -0.15) is 0 Å². The van der Waals surface area contributed by atoms with Gasteiger partial charge < -0.3 is 15.5 Å². The zero-order chi connectivity index (χ0) is 18.2. The molecular formula is C23H31NO2. The standard InChI is InChI=1S/C23H31NO2/c25-17-22(26)21(16-18-10-4-1-5-11-18)24-23(19-12-6-2-7-13-19)20-14-8-3-9-15-20/h2-3,6-9,12-15,18,21-26H,1,4-5,10-11,16-17H2/t21-,22+/m0/s1. The Morgan fingerprint density at radius 2 is 1.38 bits per heavy atom. The lowest BCUT2D eigenvalue weighted by Crippen LogP contribution is -2.45. The van der Waals surface area contributed by atoms with Gasteiger partial charge in [-0.3, -0.25) is 0 Å². The van der Waals surface area contributed by atoms with Crippen LogP contribution in [0.15, 0.2) is 60.7 Å². The number of aliphatic hydroxyl groups is 2. The van der Waals surface area contributed by atoms with Gasteiger partial charge in [0.2, 0.25) is 0 Å². The van der Waals surface area contributed by atoms with Crippen LogP contribution in [0.5, 0.6) is 0 Å². The molecule has 1 aliphatic rings. The summed E-state index contributed by atoms with van der Waals surface area (Å²) in [5, 5.41) is 23.8. The minimum Gasteiger partial charge on any atom is -0.394 e. The van der Waals surface area contributed by atoms with Gasteiger partial charge in [-0.1, -0.05) is 92.8 Å². The fourth-order valence-corrected chi connectivity index (χ4v) is 4.14. The summed E-state index contributed by atoms with van der Waals surface area (Å²) in [4.78, 5) is 0. The lowest BCUT2D eigenvalue weighted by atomic mass is 9.83. The van der Waals surface area contributed by atoms with Crippen molar-refractivity contribution in [3.8, 4) is 0 Å². The van der Waals surface area contributed by atoms with Gasteiger partial charge >= 0.3 is 0 Å². The summed E-state index contributed by atoms with van der Waals surface area (Å²) in [5.41, 5.74) is 2.36. The molecule has 3 N–H and O–H groups in total. The van der Waals surface area contributed by atoms with E-state index in [1.807, 2.05) is 36.4 Å². The van der Waals surface area contributed by atoms with Gasteiger partial charge in [-0.15, -0.1) is 0 Å². The van der Waals surface area contributed by atoms with E-state index in [9.17, 15) is 10.2 Å². The summed E-state index contributed by atoms with van der Waals surface area (Å²) in [5.74, 6) is 0.634. The van der Waals surface area contributed by atoms with E-state index in [0.717, 1.165) is 6.42 Å². The predicted molar refractivity (Wildman–Crippen MR) is 106 cm³/mol. The molecule has 0 aromatic heterocycles. The van der Waals surface area contributed by atoms with E-state index in [1.165, 1.54) is 43.2 Å². The second kappa shape index (κ2) is 9.86. The van der Waals surface area contributed by atoms with Crippen molar-refractivity contribution in [1.82, 2.24) is 5.32 Å². The third-order valence-corrected chi connectivity index (χ3v) is 5.61. The van der Waals surface area contributed by atoms with E-state index in [2.05, 4.69) is 29.6 Å². The molecule has 3 nitrogen and oxygen atoms in total. The van der Waals surface area contributed by atoms with Crippen molar-refractivity contribution in [2.45, 2.75) is 56.7 Å². The molecular weight excluding hydrogens is 322 g/mol. The van der Waals surface area contributed by atoms with Crippen molar-refractivity contribution in [3.63, 3.8) is 0 Å². The second-order valence-corrected chi connectivity index (χ2v) is 7.52. The van der Waals surface area contributed by atoms with E-state index in [4.69, 9.17) is 0 Å². The van der Waals surface area contributed by atoms with Crippen LogP contribution in [0.3, 0.4) is 0 Å². The first-order valence-corrected chi connectivity index (χ1v) is 9.93. The second-order valence-electron chi connectivity index (χ2n) is 7.52. The highest BCUT2D eigenvalue weighted by atomic mass is 16.3. The molecule has 2 atom stereocenters. The van der Waals surface area contributed by atoms with Crippen LogP contribution in [-0.2, 0) is 0 Å². The first-order valence-electron chi connectivity index (χ1n) is 9.93. The number of hydrogen-bond acceptors (Lipinski definition) is 3. The average Bonchev–Trinajstić information content (AvgIpc) is 2.72. The molecule has 26 heavy (non-hydrogen) atoms. The molecule has 0 bridgehead atoms. The summed E-state index contributed by atoms with van der Waals surface area (Å²) in [6, 6.07) is 20.6. The van der Waals surface area contributed by atoms with Crippen molar-refractivity contribution >= 4 is 0 Å². The highest BCUT2D eigenvalue weighted by molar-refractivity contribution is 5.31. The van der Waals surface area contributed by atoms with E-state index < -0.39 is 6.10 Å². The molecule has 3 rings (SSSR count). The highest BCUT2D eigenvalue weighted by Crippen LogP contribution is 2.30.